The van der Waals surface area contributed by atoms with Gasteiger partial charge in [0.05, 0.1) is 10.9 Å². The smallest absolute Gasteiger partial charge is 0.230 e. The van der Waals surface area contributed by atoms with Crippen molar-refractivity contribution in [2.75, 3.05) is 5.73 Å². The number of nitrogens with zero attached hydrogens (tertiary/aromatic N) is 2. The second-order valence-electron chi connectivity index (χ2n) is 4.93. The summed E-state index contributed by atoms with van der Waals surface area (Å²) >= 11 is 3.55. The second kappa shape index (κ2) is 5.33. The minimum Gasteiger partial charge on any atom is -0.438 e. The predicted molar refractivity (Wildman–Crippen MR) is 87.6 cm³/mol. The van der Waals surface area contributed by atoms with E-state index in [1.165, 1.54) is 6.33 Å². The van der Waals surface area contributed by atoms with E-state index in [0.29, 0.717) is 11.6 Å². The van der Waals surface area contributed by atoms with Crippen LogP contribution in [0.25, 0.3) is 10.9 Å². The summed E-state index contributed by atoms with van der Waals surface area (Å²) in [4.78, 5) is 8.44. The summed E-state index contributed by atoms with van der Waals surface area (Å²) in [6.07, 6.45) is 1.49. The molecule has 0 saturated carbocycles. The quantitative estimate of drug-likeness (QED) is 0.701. The molecule has 0 aliphatic rings. The Hall–Kier alpha value is -2.14. The van der Waals surface area contributed by atoms with Gasteiger partial charge in [0.15, 0.2) is 0 Å². The van der Waals surface area contributed by atoms with Crippen LogP contribution in [0.15, 0.2) is 41.1 Å². The fourth-order valence-corrected chi connectivity index (χ4v) is 2.44. The summed E-state index contributed by atoms with van der Waals surface area (Å²) in [6.45, 7) is 4.06. The van der Waals surface area contributed by atoms with Crippen LogP contribution >= 0.6 is 15.9 Å². The molecule has 0 atom stereocenters. The van der Waals surface area contributed by atoms with Gasteiger partial charge < -0.3 is 10.5 Å². The number of nitrogen functional groups attached to an aromatic ring is 1. The highest BCUT2D eigenvalue weighted by atomic mass is 79.9. The van der Waals surface area contributed by atoms with Crippen molar-refractivity contribution in [2.24, 2.45) is 0 Å². The molecule has 0 aliphatic carbocycles. The molecule has 3 aromatic rings. The molecular weight excluding hydrogens is 330 g/mol. The average molecular weight is 344 g/mol. The molecule has 21 heavy (non-hydrogen) atoms. The Kier molecular flexibility index (Phi) is 3.51. The molecule has 1 aromatic heterocycles. The van der Waals surface area contributed by atoms with Crippen LogP contribution in [0, 0.1) is 13.8 Å². The van der Waals surface area contributed by atoms with Gasteiger partial charge in [-0.25, -0.2) is 9.97 Å². The summed E-state index contributed by atoms with van der Waals surface area (Å²) < 4.78 is 7.03. The van der Waals surface area contributed by atoms with Gasteiger partial charge in [-0.1, -0.05) is 15.9 Å². The van der Waals surface area contributed by atoms with E-state index in [1.807, 2.05) is 44.2 Å². The van der Waals surface area contributed by atoms with Crippen LogP contribution in [0.1, 0.15) is 11.1 Å². The Morgan fingerprint density at radius 2 is 1.76 bits per heavy atom. The molecule has 2 aromatic carbocycles. The molecule has 0 spiro atoms. The molecule has 3 rings (SSSR count). The van der Waals surface area contributed by atoms with Crippen molar-refractivity contribution in [1.29, 1.82) is 0 Å². The van der Waals surface area contributed by atoms with Gasteiger partial charge in [0.1, 0.15) is 12.1 Å². The van der Waals surface area contributed by atoms with E-state index in [0.717, 1.165) is 32.3 Å². The van der Waals surface area contributed by atoms with Gasteiger partial charge in [-0.3, -0.25) is 0 Å². The zero-order chi connectivity index (χ0) is 15.0. The fourth-order valence-electron chi connectivity index (χ4n) is 2.21. The van der Waals surface area contributed by atoms with Gasteiger partial charge >= 0.3 is 0 Å². The van der Waals surface area contributed by atoms with E-state index in [-0.39, 0.29) is 0 Å². The summed E-state index contributed by atoms with van der Waals surface area (Å²) in [5.74, 6) is 1.25. The van der Waals surface area contributed by atoms with E-state index in [9.17, 15) is 0 Å². The number of anilines is 1. The number of fused-ring (bicyclic) bond motifs is 1. The van der Waals surface area contributed by atoms with Crippen molar-refractivity contribution in [2.45, 2.75) is 13.8 Å². The molecule has 0 saturated heterocycles. The largest absolute Gasteiger partial charge is 0.438 e. The van der Waals surface area contributed by atoms with Crippen LogP contribution in [0.3, 0.4) is 0 Å². The molecule has 0 bridgehead atoms. The Balaban J connectivity index is 2.08. The predicted octanol–water partition coefficient (Wildman–Crippen LogP) is 4.38. The molecule has 1 heterocycles. The van der Waals surface area contributed by atoms with Crippen molar-refractivity contribution < 1.29 is 4.74 Å². The normalized spacial score (nSPS) is 10.8. The molecule has 0 amide bonds. The fraction of sp³-hybridized carbons (Fsp3) is 0.125. The van der Waals surface area contributed by atoms with Crippen LogP contribution in [0.5, 0.6) is 11.6 Å². The standard InChI is InChI=1S/C16H14BrN3O/c1-9-5-12(6-10(2)15(9)17)21-16-13-7-11(18)3-4-14(13)19-8-20-16/h3-8H,18H2,1-2H3. The molecule has 5 heteroatoms. The molecule has 0 unspecified atom stereocenters. The lowest BCUT2D eigenvalue weighted by atomic mass is 10.1. The van der Waals surface area contributed by atoms with Crippen LogP contribution < -0.4 is 10.5 Å². The van der Waals surface area contributed by atoms with Crippen LogP contribution in [-0.4, -0.2) is 9.97 Å². The van der Waals surface area contributed by atoms with Gasteiger partial charge in [-0.05, 0) is 55.3 Å². The molecular formula is C16H14BrN3O. The first-order valence-electron chi connectivity index (χ1n) is 6.49. The minimum atomic E-state index is 0.508. The maximum atomic E-state index is 5.94. The maximum absolute atomic E-state index is 5.94. The van der Waals surface area contributed by atoms with Crippen molar-refractivity contribution in [1.82, 2.24) is 9.97 Å². The average Bonchev–Trinajstić information content (AvgIpc) is 2.45. The topological polar surface area (TPSA) is 61.0 Å². The number of hydrogen-bond acceptors (Lipinski definition) is 4. The molecule has 4 nitrogen and oxygen atoms in total. The highest BCUT2D eigenvalue weighted by molar-refractivity contribution is 9.10. The first kappa shape index (κ1) is 13.8. The monoisotopic (exact) mass is 343 g/mol. The van der Waals surface area contributed by atoms with Crippen molar-refractivity contribution in [3.63, 3.8) is 0 Å². The lowest BCUT2D eigenvalue weighted by molar-refractivity contribution is 0.467. The number of rotatable bonds is 2. The summed E-state index contributed by atoms with van der Waals surface area (Å²) in [5.41, 5.74) is 9.53. The van der Waals surface area contributed by atoms with Crippen LogP contribution in [0.4, 0.5) is 5.69 Å². The molecule has 106 valence electrons. The number of benzene rings is 2. The third kappa shape index (κ3) is 2.69. The highest BCUT2D eigenvalue weighted by Crippen LogP contribution is 2.31. The lowest BCUT2D eigenvalue weighted by Crippen LogP contribution is -1.94. The maximum Gasteiger partial charge on any atom is 0.230 e. The van der Waals surface area contributed by atoms with Crippen molar-refractivity contribution >= 4 is 32.5 Å². The lowest BCUT2D eigenvalue weighted by Gasteiger charge is -2.10. The summed E-state index contributed by atoms with van der Waals surface area (Å²) in [5, 5.41) is 0.802. The zero-order valence-electron chi connectivity index (χ0n) is 11.7. The number of aromatic nitrogens is 2. The number of nitrogens with two attached hydrogens (primary N) is 1. The Morgan fingerprint density at radius 1 is 1.05 bits per heavy atom. The third-order valence-electron chi connectivity index (χ3n) is 3.25. The van der Waals surface area contributed by atoms with E-state index in [4.69, 9.17) is 10.5 Å². The number of hydrogen-bond donors (Lipinski definition) is 1. The third-order valence-corrected chi connectivity index (χ3v) is 4.50. The minimum absolute atomic E-state index is 0.508. The molecule has 0 radical (unpaired) electrons. The van der Waals surface area contributed by atoms with Gasteiger partial charge in [-0.15, -0.1) is 0 Å². The van der Waals surface area contributed by atoms with Gasteiger partial charge in [0, 0.05) is 10.2 Å². The summed E-state index contributed by atoms with van der Waals surface area (Å²) in [7, 11) is 0. The van der Waals surface area contributed by atoms with Crippen LogP contribution in [0.2, 0.25) is 0 Å². The van der Waals surface area contributed by atoms with E-state index >= 15 is 0 Å². The van der Waals surface area contributed by atoms with Gasteiger partial charge in [-0.2, -0.15) is 0 Å². The van der Waals surface area contributed by atoms with Crippen molar-refractivity contribution in [3.8, 4) is 11.6 Å². The van der Waals surface area contributed by atoms with Gasteiger partial charge in [0.2, 0.25) is 5.88 Å². The second-order valence-corrected chi connectivity index (χ2v) is 5.72. The zero-order valence-corrected chi connectivity index (χ0v) is 13.3. The Labute approximate surface area is 131 Å². The Bertz CT molecular complexity index is 810. The first-order chi connectivity index (χ1) is 10.0. The van der Waals surface area contributed by atoms with Crippen LogP contribution in [-0.2, 0) is 0 Å². The molecule has 0 fully saturated rings. The Morgan fingerprint density at radius 3 is 2.48 bits per heavy atom. The van der Waals surface area contributed by atoms with Crippen molar-refractivity contribution in [3.05, 3.63) is 52.3 Å². The molecule has 0 aliphatic heterocycles. The van der Waals surface area contributed by atoms with E-state index in [2.05, 4.69) is 25.9 Å². The van der Waals surface area contributed by atoms with E-state index < -0.39 is 0 Å². The first-order valence-corrected chi connectivity index (χ1v) is 7.29. The number of ether oxygens (including phenoxy) is 1. The van der Waals surface area contributed by atoms with E-state index in [1.54, 1.807) is 0 Å². The number of aryl methyl sites for hydroxylation is 2. The van der Waals surface area contributed by atoms with Gasteiger partial charge in [0.25, 0.3) is 0 Å². The number of halogens is 1. The SMILES string of the molecule is Cc1cc(Oc2ncnc3ccc(N)cc23)cc(C)c1Br. The summed E-state index contributed by atoms with van der Waals surface area (Å²) in [6, 6.07) is 9.43. The highest BCUT2D eigenvalue weighted by Gasteiger charge is 2.09. The molecule has 2 N–H and O–H groups in total.